The Kier molecular flexibility index (Phi) is 8.53. The Hall–Kier alpha value is -3.63. The normalized spacial score (nSPS) is 14.9. The number of hydrogen-bond donors (Lipinski definition) is 1. The highest BCUT2D eigenvalue weighted by atomic mass is 35.5. The van der Waals surface area contributed by atoms with Crippen molar-refractivity contribution in [2.24, 2.45) is 0 Å². The summed E-state index contributed by atoms with van der Waals surface area (Å²) in [5.41, 5.74) is 0.391. The molecule has 10 nitrogen and oxygen atoms in total. The summed E-state index contributed by atoms with van der Waals surface area (Å²) in [4.78, 5) is 31.2. The summed E-state index contributed by atoms with van der Waals surface area (Å²) in [6.07, 6.45) is 3.88. The molecule has 4 rings (SSSR count). The Labute approximate surface area is 207 Å². The quantitative estimate of drug-likeness (QED) is 0.586. The molecule has 2 aromatic carbocycles. The number of rotatable bonds is 4. The standard InChI is InChI=1S/C24H26ClN5O5/c25-18-7-8-20-19(14-18)28-23(31)15-29(24(32)6-3-9-30-17-26-16-27-30)10-11-33-12-13-34-21-4-1-2-5-22(21)35-20/h1-2,4-5,7-8,14,16-17H,3,6,9-13,15H2,(H,28,31). The molecular weight excluding hydrogens is 474 g/mol. The first-order valence-electron chi connectivity index (χ1n) is 11.3. The van der Waals surface area contributed by atoms with Crippen LogP contribution in [-0.2, 0) is 20.9 Å². The van der Waals surface area contributed by atoms with Crippen LogP contribution in [0.15, 0.2) is 55.1 Å². The van der Waals surface area contributed by atoms with Gasteiger partial charge in [0.1, 0.15) is 19.3 Å². The summed E-state index contributed by atoms with van der Waals surface area (Å²) in [5, 5.41) is 7.29. The van der Waals surface area contributed by atoms with Gasteiger partial charge in [-0.3, -0.25) is 14.3 Å². The van der Waals surface area contributed by atoms with E-state index in [1.165, 1.54) is 11.2 Å². The van der Waals surface area contributed by atoms with Crippen molar-refractivity contribution in [3.8, 4) is 17.2 Å². The minimum Gasteiger partial charge on any atom is -0.487 e. The Morgan fingerprint density at radius 3 is 2.77 bits per heavy atom. The third-order valence-electron chi connectivity index (χ3n) is 5.21. The van der Waals surface area contributed by atoms with Gasteiger partial charge in [-0.05, 0) is 36.8 Å². The average Bonchev–Trinajstić information content (AvgIpc) is 3.36. The maximum Gasteiger partial charge on any atom is 0.244 e. The van der Waals surface area contributed by atoms with E-state index in [1.54, 1.807) is 41.3 Å². The number of aromatic nitrogens is 3. The van der Waals surface area contributed by atoms with Crippen LogP contribution in [0.3, 0.4) is 0 Å². The van der Waals surface area contributed by atoms with Crippen LogP contribution in [0.4, 0.5) is 5.69 Å². The van der Waals surface area contributed by atoms with Gasteiger partial charge in [0.05, 0.1) is 25.4 Å². The van der Waals surface area contributed by atoms with Gasteiger partial charge in [0.25, 0.3) is 0 Å². The first-order chi connectivity index (χ1) is 17.1. The molecule has 0 spiro atoms. The smallest absolute Gasteiger partial charge is 0.244 e. The molecule has 3 aromatic rings. The molecule has 2 heterocycles. The first-order valence-corrected chi connectivity index (χ1v) is 11.6. The van der Waals surface area contributed by atoms with E-state index in [0.29, 0.717) is 54.1 Å². The second-order valence-corrected chi connectivity index (χ2v) is 8.21. The highest BCUT2D eigenvalue weighted by Crippen LogP contribution is 2.36. The molecule has 35 heavy (non-hydrogen) atoms. The van der Waals surface area contributed by atoms with Gasteiger partial charge in [0, 0.05) is 24.5 Å². The van der Waals surface area contributed by atoms with Gasteiger partial charge in [-0.15, -0.1) is 0 Å². The second kappa shape index (κ2) is 12.2. The van der Waals surface area contributed by atoms with Crippen molar-refractivity contribution in [2.45, 2.75) is 19.4 Å². The number of aryl methyl sites for hydroxylation is 1. The zero-order valence-corrected chi connectivity index (χ0v) is 19.8. The molecule has 0 atom stereocenters. The third kappa shape index (κ3) is 7.17. The van der Waals surface area contributed by atoms with Gasteiger partial charge in [0.15, 0.2) is 17.2 Å². The van der Waals surface area contributed by atoms with Crippen molar-refractivity contribution < 1.29 is 23.8 Å². The highest BCUT2D eigenvalue weighted by molar-refractivity contribution is 6.31. The Balaban J connectivity index is 1.49. The number of hydrogen-bond acceptors (Lipinski definition) is 7. The number of amides is 2. The van der Waals surface area contributed by atoms with Crippen LogP contribution in [0.5, 0.6) is 17.2 Å². The molecule has 11 heteroatoms. The molecule has 0 saturated heterocycles. The summed E-state index contributed by atoms with van der Waals surface area (Å²) >= 11 is 6.17. The topological polar surface area (TPSA) is 108 Å². The molecule has 0 fully saturated rings. The maximum absolute atomic E-state index is 12.9. The van der Waals surface area contributed by atoms with Crippen LogP contribution in [0.1, 0.15) is 12.8 Å². The van der Waals surface area contributed by atoms with Gasteiger partial charge in [-0.1, -0.05) is 23.7 Å². The molecule has 0 saturated carbocycles. The molecule has 1 aromatic heterocycles. The molecule has 1 aliphatic heterocycles. The monoisotopic (exact) mass is 499 g/mol. The molecule has 1 aliphatic rings. The predicted molar refractivity (Wildman–Crippen MR) is 129 cm³/mol. The van der Waals surface area contributed by atoms with E-state index in [4.69, 9.17) is 25.8 Å². The lowest BCUT2D eigenvalue weighted by Gasteiger charge is -2.22. The second-order valence-electron chi connectivity index (χ2n) is 7.78. The van der Waals surface area contributed by atoms with Crippen LogP contribution >= 0.6 is 11.6 Å². The van der Waals surface area contributed by atoms with Crippen molar-refractivity contribution in [2.75, 3.05) is 38.2 Å². The molecule has 0 radical (unpaired) electrons. The van der Waals surface area contributed by atoms with Crippen molar-refractivity contribution >= 4 is 29.1 Å². The molecule has 0 bridgehead atoms. The minimum atomic E-state index is -0.374. The number of para-hydroxylation sites is 2. The molecule has 0 unspecified atom stereocenters. The number of carbonyl (C=O) groups excluding carboxylic acids is 2. The first kappa shape index (κ1) is 24.5. The summed E-state index contributed by atoms with van der Waals surface area (Å²) in [6.45, 7) is 1.59. The van der Waals surface area contributed by atoms with E-state index in [9.17, 15) is 9.59 Å². The Morgan fingerprint density at radius 1 is 1.09 bits per heavy atom. The highest BCUT2D eigenvalue weighted by Gasteiger charge is 2.19. The SMILES string of the molecule is O=C1CN(C(=O)CCCn2cncn2)CCOCCOc2ccccc2Oc2ccc(Cl)cc2N1. The van der Waals surface area contributed by atoms with E-state index in [2.05, 4.69) is 15.4 Å². The molecule has 1 N–H and O–H groups in total. The van der Waals surface area contributed by atoms with Gasteiger partial charge in [-0.25, -0.2) is 4.98 Å². The number of nitrogens with one attached hydrogen (secondary N) is 1. The maximum atomic E-state index is 12.9. The lowest BCUT2D eigenvalue weighted by atomic mass is 10.2. The number of anilines is 1. The molecule has 184 valence electrons. The minimum absolute atomic E-state index is 0.134. The van der Waals surface area contributed by atoms with Crippen molar-refractivity contribution in [1.82, 2.24) is 19.7 Å². The Morgan fingerprint density at radius 2 is 1.94 bits per heavy atom. The predicted octanol–water partition coefficient (Wildman–Crippen LogP) is 3.38. The zero-order chi connectivity index (χ0) is 24.5. The van der Waals surface area contributed by atoms with Gasteiger partial charge < -0.3 is 24.4 Å². The Bertz CT molecular complexity index is 1140. The number of benzene rings is 2. The number of ether oxygens (including phenoxy) is 3. The summed E-state index contributed by atoms with van der Waals surface area (Å²) in [6, 6.07) is 12.2. The molecule has 0 aliphatic carbocycles. The van der Waals surface area contributed by atoms with Crippen LogP contribution in [0, 0.1) is 0 Å². The van der Waals surface area contributed by atoms with Gasteiger partial charge in [-0.2, -0.15) is 5.10 Å². The lowest BCUT2D eigenvalue weighted by Crippen LogP contribution is -2.40. The van der Waals surface area contributed by atoms with Crippen molar-refractivity contribution in [3.63, 3.8) is 0 Å². The third-order valence-corrected chi connectivity index (χ3v) is 5.44. The molecular formula is C24H26ClN5O5. The summed E-state index contributed by atoms with van der Waals surface area (Å²) in [5.74, 6) is 0.906. The number of carbonyl (C=O) groups is 2. The van der Waals surface area contributed by atoms with Crippen molar-refractivity contribution in [1.29, 1.82) is 0 Å². The van der Waals surface area contributed by atoms with Crippen molar-refractivity contribution in [3.05, 3.63) is 60.1 Å². The van der Waals surface area contributed by atoms with E-state index >= 15 is 0 Å². The van der Waals surface area contributed by atoms with E-state index in [-0.39, 0.29) is 37.9 Å². The van der Waals surface area contributed by atoms with Gasteiger partial charge >= 0.3 is 0 Å². The number of halogens is 1. The van der Waals surface area contributed by atoms with E-state index in [1.807, 2.05) is 12.1 Å². The lowest BCUT2D eigenvalue weighted by molar-refractivity contribution is -0.135. The van der Waals surface area contributed by atoms with E-state index < -0.39 is 0 Å². The average molecular weight is 500 g/mol. The fraction of sp³-hybridized carbons (Fsp3) is 0.333. The number of nitrogens with zero attached hydrogens (tertiary/aromatic N) is 4. The largest absolute Gasteiger partial charge is 0.487 e. The van der Waals surface area contributed by atoms with Gasteiger partial charge in [0.2, 0.25) is 11.8 Å². The van der Waals surface area contributed by atoms with Crippen LogP contribution in [-0.4, -0.2) is 64.4 Å². The van der Waals surface area contributed by atoms with Crippen LogP contribution in [0.25, 0.3) is 0 Å². The summed E-state index contributed by atoms with van der Waals surface area (Å²) in [7, 11) is 0. The fourth-order valence-corrected chi connectivity index (χ4v) is 3.67. The number of fused-ring (bicyclic) bond motifs is 2. The van der Waals surface area contributed by atoms with Crippen LogP contribution in [0.2, 0.25) is 5.02 Å². The van der Waals surface area contributed by atoms with E-state index in [0.717, 1.165) is 0 Å². The fourth-order valence-electron chi connectivity index (χ4n) is 3.50. The van der Waals surface area contributed by atoms with Crippen LogP contribution < -0.4 is 14.8 Å². The zero-order valence-electron chi connectivity index (χ0n) is 19.1. The summed E-state index contributed by atoms with van der Waals surface area (Å²) < 4.78 is 19.2. The molecule has 2 amide bonds.